The van der Waals surface area contributed by atoms with E-state index in [9.17, 15) is 18.3 Å². The van der Waals surface area contributed by atoms with Gasteiger partial charge in [0.25, 0.3) is 0 Å². The Labute approximate surface area is 169 Å². The molecule has 0 aromatic rings. The van der Waals surface area contributed by atoms with Gasteiger partial charge >= 0.3 is 30.4 Å². The molecule has 176 valence electrons. The quantitative estimate of drug-likeness (QED) is 0.183. The minimum absolute atomic E-state index is 0.116. The van der Waals surface area contributed by atoms with Gasteiger partial charge in [-0.05, 0) is 6.42 Å². The normalized spacial score (nSPS) is 10.8. The molecule has 0 aliphatic carbocycles. The predicted molar refractivity (Wildman–Crippen MR) is 111 cm³/mol. The topological polar surface area (TPSA) is 282 Å². The molecule has 0 radical (unpaired) electrons. The van der Waals surface area contributed by atoms with Crippen molar-refractivity contribution in [2.75, 3.05) is 0 Å². The van der Waals surface area contributed by atoms with Crippen LogP contribution in [0.1, 0.15) is 13.3 Å². The zero-order valence-corrected chi connectivity index (χ0v) is 19.2. The van der Waals surface area contributed by atoms with Crippen LogP contribution >= 0.6 is 30.4 Å². The molecule has 0 amide bonds. The molecule has 0 unspecified atom stereocenters. The summed E-state index contributed by atoms with van der Waals surface area (Å²) in [4.78, 5) is 62.6. The lowest BCUT2D eigenvalue weighted by molar-refractivity contribution is 0.384. The van der Waals surface area contributed by atoms with Gasteiger partial charge < -0.3 is 50.6 Å². The summed E-state index contributed by atoms with van der Waals surface area (Å²) in [6.07, 6.45) is 0.745. The second-order valence-electron chi connectivity index (χ2n) is 4.16. The fraction of sp³-hybridized carbons (Fsp3) is 0.273. The first kappa shape index (κ1) is 39.0. The van der Waals surface area contributed by atoms with Crippen molar-refractivity contribution in [1.29, 1.82) is 0 Å². The number of hydrogen-bond acceptors (Lipinski definition) is 6. The Hall–Kier alpha value is -0.520. The van der Waals surface area contributed by atoms with Crippen molar-refractivity contribution in [3.05, 3.63) is 49.6 Å². The number of nitrogens with two attached hydrogens (primary N) is 2. The van der Waals surface area contributed by atoms with Crippen LogP contribution in [0.3, 0.4) is 0 Å². The first-order valence-electron chi connectivity index (χ1n) is 6.78. The molecule has 12 N–H and O–H groups in total. The van der Waals surface area contributed by atoms with Gasteiger partial charge in [-0.3, -0.25) is 18.3 Å². The molecule has 0 aliphatic rings. The minimum atomic E-state index is -3.88. The van der Waals surface area contributed by atoms with Crippen LogP contribution < -0.4 is 11.5 Å². The zero-order valence-electron chi connectivity index (χ0n) is 15.6. The van der Waals surface area contributed by atoms with Crippen molar-refractivity contribution >= 4 is 30.4 Å². The van der Waals surface area contributed by atoms with E-state index < -0.39 is 30.4 Å². The molecule has 0 bridgehead atoms. The molecule has 0 saturated heterocycles. The summed E-state index contributed by atoms with van der Waals surface area (Å²) in [7, 11) is -15.5. The average Bonchev–Trinajstić information content (AvgIpc) is 2.54. The maximum atomic E-state index is 9.58. The number of hydrogen-bond donors (Lipinski definition) is 10. The summed E-state index contributed by atoms with van der Waals surface area (Å²) in [5.41, 5.74) is 10.1. The van der Waals surface area contributed by atoms with Crippen LogP contribution in [0.15, 0.2) is 49.6 Å². The highest BCUT2D eigenvalue weighted by Gasteiger charge is 2.02. The summed E-state index contributed by atoms with van der Waals surface area (Å²) in [6.45, 7) is 13.4. The Morgan fingerprint density at radius 3 is 0.690 bits per heavy atom. The van der Waals surface area contributed by atoms with Crippen molar-refractivity contribution < 1.29 is 57.4 Å². The third kappa shape index (κ3) is 98.2. The van der Waals surface area contributed by atoms with Gasteiger partial charge in [0.15, 0.2) is 0 Å². The third-order valence-electron chi connectivity index (χ3n) is 1.42. The van der Waals surface area contributed by atoms with Gasteiger partial charge in [0.05, 0.1) is 6.17 Å². The van der Waals surface area contributed by atoms with E-state index in [1.165, 1.54) is 0 Å². The smallest absolute Gasteiger partial charge is 0.321 e. The minimum Gasteiger partial charge on any atom is -0.321 e. The van der Waals surface area contributed by atoms with E-state index in [1.54, 1.807) is 0 Å². The van der Waals surface area contributed by atoms with E-state index >= 15 is 0 Å². The monoisotopic (exact) mass is 506 g/mol. The van der Waals surface area contributed by atoms with Crippen molar-refractivity contribution in [3.8, 4) is 0 Å². The van der Waals surface area contributed by atoms with Crippen LogP contribution in [0.4, 0.5) is 0 Å². The summed E-state index contributed by atoms with van der Waals surface area (Å²) in [6, 6.07) is 0. The predicted octanol–water partition coefficient (Wildman–Crippen LogP) is 0.870. The first-order valence-corrected chi connectivity index (χ1v) is 13.5. The molecule has 18 heteroatoms. The fourth-order valence-electron chi connectivity index (χ4n) is 0. The molecule has 0 atom stereocenters. The lowest BCUT2D eigenvalue weighted by Gasteiger charge is -1.92. The lowest BCUT2D eigenvalue weighted by atomic mass is 10.4. The van der Waals surface area contributed by atoms with Gasteiger partial charge in [-0.1, -0.05) is 33.2 Å². The van der Waals surface area contributed by atoms with Crippen molar-refractivity contribution in [1.82, 2.24) is 0 Å². The Bertz CT molecular complexity index is 538. The molecule has 0 aromatic carbocycles. The Morgan fingerprint density at radius 2 is 0.690 bits per heavy atom. The van der Waals surface area contributed by atoms with Gasteiger partial charge in [0.1, 0.15) is 0 Å². The van der Waals surface area contributed by atoms with Gasteiger partial charge in [-0.15, -0.1) is 0 Å². The molecule has 0 rings (SSSR count). The molecule has 0 aromatic heterocycles. The molecule has 0 saturated carbocycles. The molecule has 0 aliphatic heterocycles. The van der Waals surface area contributed by atoms with Crippen LogP contribution in [-0.4, -0.2) is 45.3 Å². The highest BCUT2D eigenvalue weighted by molar-refractivity contribution is 7.55. The average molecular weight is 506 g/mol. The summed E-state index contributed by atoms with van der Waals surface area (Å²) in [5, 5.41) is 0. The second-order valence-corrected chi connectivity index (χ2v) is 10.3. The van der Waals surface area contributed by atoms with Crippen LogP contribution in [-0.2, 0) is 18.3 Å². The third-order valence-corrected chi connectivity index (χ3v) is 3.33. The SMILES string of the molecule is C=CP(=O)(O)O.C=CP(=O)(O)O.C=CP(=O)(O)O.C=CP(=O)(O)O.CCC(N)N. The Balaban J connectivity index is -0.0000000829. The molecule has 0 heterocycles. The maximum Gasteiger partial charge on any atom is 0.348 e. The van der Waals surface area contributed by atoms with Crippen LogP contribution in [0.25, 0.3) is 0 Å². The highest BCUT2D eigenvalue weighted by atomic mass is 31.2. The van der Waals surface area contributed by atoms with E-state index in [1.807, 2.05) is 6.92 Å². The first-order chi connectivity index (χ1) is 12.5. The molecule has 0 fully saturated rings. The Kier molecular flexibility index (Phi) is 26.2. The van der Waals surface area contributed by atoms with Crippen LogP contribution in [0, 0.1) is 0 Å². The van der Waals surface area contributed by atoms with Crippen LogP contribution in [0.5, 0.6) is 0 Å². The standard InChI is InChI=1S/C3H10N2.4C2H5O3P/c1-2-3(4)5;4*1-2-6(3,4)5/h3H,2,4-5H2,1H3;4*2H,1H2,(H2,3,4,5). The Morgan fingerprint density at radius 1 is 0.621 bits per heavy atom. The summed E-state index contributed by atoms with van der Waals surface area (Å²) in [5.74, 6) is 2.42. The van der Waals surface area contributed by atoms with Gasteiger partial charge in [0.2, 0.25) is 0 Å². The zero-order chi connectivity index (χ0) is 25.1. The van der Waals surface area contributed by atoms with E-state index in [2.05, 4.69) is 26.3 Å². The van der Waals surface area contributed by atoms with Gasteiger partial charge in [-0.2, -0.15) is 0 Å². The fourth-order valence-corrected chi connectivity index (χ4v) is 0. The van der Waals surface area contributed by atoms with E-state index in [4.69, 9.17) is 50.6 Å². The van der Waals surface area contributed by atoms with Crippen molar-refractivity contribution in [2.45, 2.75) is 19.5 Å². The highest BCUT2D eigenvalue weighted by Crippen LogP contribution is 2.35. The molecular formula is C11H30N2O12P4. The van der Waals surface area contributed by atoms with Crippen LogP contribution in [0.2, 0.25) is 0 Å². The van der Waals surface area contributed by atoms with Crippen molar-refractivity contribution in [2.24, 2.45) is 11.5 Å². The number of rotatable bonds is 5. The molecule has 14 nitrogen and oxygen atoms in total. The summed E-state index contributed by atoms with van der Waals surface area (Å²) < 4.78 is 38.3. The molecule has 29 heavy (non-hydrogen) atoms. The molecular weight excluding hydrogens is 476 g/mol. The van der Waals surface area contributed by atoms with Gasteiger partial charge in [0, 0.05) is 23.3 Å². The largest absolute Gasteiger partial charge is 0.348 e. The summed E-state index contributed by atoms with van der Waals surface area (Å²) >= 11 is 0. The van der Waals surface area contributed by atoms with E-state index in [0.29, 0.717) is 23.3 Å². The van der Waals surface area contributed by atoms with Gasteiger partial charge in [-0.25, -0.2) is 0 Å². The second kappa shape index (κ2) is 19.4. The van der Waals surface area contributed by atoms with E-state index in [-0.39, 0.29) is 6.17 Å². The van der Waals surface area contributed by atoms with Crippen molar-refractivity contribution in [3.63, 3.8) is 0 Å². The lowest BCUT2D eigenvalue weighted by Crippen LogP contribution is -2.28. The maximum absolute atomic E-state index is 9.58. The molecule has 0 spiro atoms. The van der Waals surface area contributed by atoms with E-state index in [0.717, 1.165) is 6.42 Å².